The standard InChI is InChI=1S/C21H27NO6/c1-21(2,3)28-20(24)22-9-7-15-11-16(27-13-14-8-10-26-12-14)5-6-17(15)18(22)19(23)25-4/h5-6,8,10-12,18-19,23H,7,9,13H2,1-4H3/t18-,19+/m1/s1. The van der Waals surface area contributed by atoms with E-state index in [4.69, 9.17) is 18.6 Å². The van der Waals surface area contributed by atoms with Crippen molar-refractivity contribution in [1.82, 2.24) is 4.90 Å². The van der Waals surface area contributed by atoms with Crippen molar-refractivity contribution in [3.8, 4) is 5.75 Å². The van der Waals surface area contributed by atoms with Crippen molar-refractivity contribution in [2.75, 3.05) is 13.7 Å². The minimum atomic E-state index is -1.16. The molecule has 0 spiro atoms. The van der Waals surface area contributed by atoms with Crippen molar-refractivity contribution >= 4 is 6.09 Å². The molecule has 0 aliphatic carbocycles. The Morgan fingerprint density at radius 1 is 1.36 bits per heavy atom. The molecule has 3 rings (SSSR count). The molecule has 2 heterocycles. The maximum absolute atomic E-state index is 12.7. The second-order valence-electron chi connectivity index (χ2n) is 7.78. The number of fused-ring (bicyclic) bond motifs is 1. The van der Waals surface area contributed by atoms with E-state index in [0.29, 0.717) is 19.6 Å². The molecule has 28 heavy (non-hydrogen) atoms. The van der Waals surface area contributed by atoms with Gasteiger partial charge in [-0.15, -0.1) is 0 Å². The van der Waals surface area contributed by atoms with Crippen molar-refractivity contribution in [3.63, 3.8) is 0 Å². The lowest BCUT2D eigenvalue weighted by Gasteiger charge is -2.39. The molecule has 0 unspecified atom stereocenters. The van der Waals surface area contributed by atoms with Gasteiger partial charge >= 0.3 is 6.09 Å². The zero-order valence-corrected chi connectivity index (χ0v) is 16.7. The number of furan rings is 1. The molecule has 2 aromatic rings. The number of carbonyl (C=O) groups is 1. The Labute approximate surface area is 164 Å². The van der Waals surface area contributed by atoms with Crippen molar-refractivity contribution in [3.05, 3.63) is 53.5 Å². The van der Waals surface area contributed by atoms with Crippen molar-refractivity contribution in [1.29, 1.82) is 0 Å². The Hall–Kier alpha value is -2.51. The van der Waals surface area contributed by atoms with Crippen LogP contribution in [0, 0.1) is 0 Å². The fraction of sp³-hybridized carbons (Fsp3) is 0.476. The lowest BCUT2D eigenvalue weighted by Crippen LogP contribution is -2.47. The third-order valence-corrected chi connectivity index (χ3v) is 4.52. The highest BCUT2D eigenvalue weighted by Gasteiger charge is 2.38. The van der Waals surface area contributed by atoms with Gasteiger partial charge in [0.2, 0.25) is 0 Å². The minimum absolute atomic E-state index is 0.406. The van der Waals surface area contributed by atoms with Gasteiger partial charge in [0.05, 0.1) is 12.5 Å². The Morgan fingerprint density at radius 3 is 2.79 bits per heavy atom. The zero-order valence-electron chi connectivity index (χ0n) is 16.7. The van der Waals surface area contributed by atoms with Gasteiger partial charge in [0.15, 0.2) is 6.29 Å². The van der Waals surface area contributed by atoms with Gasteiger partial charge in [-0.05, 0) is 56.5 Å². The van der Waals surface area contributed by atoms with Crippen LogP contribution in [0.1, 0.15) is 43.5 Å². The molecule has 1 aromatic heterocycles. The first-order chi connectivity index (χ1) is 13.3. The third kappa shape index (κ3) is 4.66. The van der Waals surface area contributed by atoms with Crippen LogP contribution in [0.15, 0.2) is 41.2 Å². The normalized spacial score (nSPS) is 17.8. The predicted molar refractivity (Wildman–Crippen MR) is 102 cm³/mol. The van der Waals surface area contributed by atoms with E-state index in [9.17, 15) is 9.90 Å². The quantitative estimate of drug-likeness (QED) is 0.786. The Bertz CT molecular complexity index is 796. The molecule has 1 aliphatic rings. The average molecular weight is 389 g/mol. The first kappa shape index (κ1) is 20.2. The Balaban J connectivity index is 1.81. The maximum Gasteiger partial charge on any atom is 0.410 e. The average Bonchev–Trinajstić information content (AvgIpc) is 3.16. The van der Waals surface area contributed by atoms with E-state index in [1.807, 2.05) is 45.0 Å². The molecule has 2 atom stereocenters. The summed E-state index contributed by atoms with van der Waals surface area (Å²) in [5.41, 5.74) is 2.15. The van der Waals surface area contributed by atoms with Gasteiger partial charge in [0, 0.05) is 19.2 Å². The summed E-state index contributed by atoms with van der Waals surface area (Å²) in [5.74, 6) is 0.719. The van der Waals surface area contributed by atoms with Gasteiger partial charge in [0.1, 0.15) is 24.0 Å². The van der Waals surface area contributed by atoms with E-state index >= 15 is 0 Å². The number of carbonyl (C=O) groups excluding carboxylic acids is 1. The zero-order chi connectivity index (χ0) is 20.3. The highest BCUT2D eigenvalue weighted by Crippen LogP contribution is 2.35. The number of hydrogen-bond acceptors (Lipinski definition) is 6. The van der Waals surface area contributed by atoms with Gasteiger partial charge in [-0.2, -0.15) is 0 Å². The number of aliphatic hydroxyl groups is 1. The number of amides is 1. The number of hydrogen-bond donors (Lipinski definition) is 1. The van der Waals surface area contributed by atoms with Crippen LogP contribution in [-0.2, 0) is 22.5 Å². The van der Waals surface area contributed by atoms with Crippen LogP contribution in [0.2, 0.25) is 0 Å². The third-order valence-electron chi connectivity index (χ3n) is 4.52. The second-order valence-corrected chi connectivity index (χ2v) is 7.78. The first-order valence-electron chi connectivity index (χ1n) is 9.25. The molecule has 0 saturated carbocycles. The van der Waals surface area contributed by atoms with Crippen LogP contribution in [0.4, 0.5) is 4.79 Å². The van der Waals surface area contributed by atoms with Gasteiger partial charge in [-0.25, -0.2) is 4.79 Å². The number of benzene rings is 1. The molecular weight excluding hydrogens is 362 g/mol. The van der Waals surface area contributed by atoms with Gasteiger partial charge in [0.25, 0.3) is 0 Å². The molecule has 0 bridgehead atoms. The monoisotopic (exact) mass is 389 g/mol. The molecule has 0 saturated heterocycles. The van der Waals surface area contributed by atoms with Gasteiger partial charge in [-0.1, -0.05) is 6.07 Å². The molecule has 152 valence electrons. The summed E-state index contributed by atoms with van der Waals surface area (Å²) in [5, 5.41) is 10.4. The van der Waals surface area contributed by atoms with Crippen LogP contribution in [-0.4, -0.2) is 41.6 Å². The van der Waals surface area contributed by atoms with Crippen molar-refractivity contribution in [2.45, 2.75) is 51.7 Å². The van der Waals surface area contributed by atoms with Crippen molar-refractivity contribution in [2.24, 2.45) is 0 Å². The fourth-order valence-electron chi connectivity index (χ4n) is 3.23. The summed E-state index contributed by atoms with van der Waals surface area (Å²) in [6.07, 6.45) is 2.24. The smallest absolute Gasteiger partial charge is 0.410 e. The van der Waals surface area contributed by atoms with Crippen molar-refractivity contribution < 1.29 is 28.5 Å². The van der Waals surface area contributed by atoms with Crippen LogP contribution in [0.3, 0.4) is 0 Å². The second kappa shape index (κ2) is 8.24. The minimum Gasteiger partial charge on any atom is -0.489 e. The number of rotatable bonds is 5. The first-order valence-corrected chi connectivity index (χ1v) is 9.25. The predicted octanol–water partition coefficient (Wildman–Crippen LogP) is 3.66. The fourth-order valence-corrected chi connectivity index (χ4v) is 3.23. The van der Waals surface area contributed by atoms with Crippen LogP contribution in [0.5, 0.6) is 5.75 Å². The summed E-state index contributed by atoms with van der Waals surface area (Å²) in [6.45, 7) is 6.26. The summed E-state index contributed by atoms with van der Waals surface area (Å²) >= 11 is 0. The lowest BCUT2D eigenvalue weighted by atomic mass is 9.92. The summed E-state index contributed by atoms with van der Waals surface area (Å²) in [4.78, 5) is 14.2. The highest BCUT2D eigenvalue weighted by molar-refractivity contribution is 5.69. The SMILES string of the molecule is CO[C@H](O)[C@H]1c2ccc(OCc3ccoc3)cc2CCN1C(=O)OC(C)(C)C. The van der Waals surface area contributed by atoms with E-state index in [-0.39, 0.29) is 0 Å². The molecule has 0 radical (unpaired) electrons. The lowest BCUT2D eigenvalue weighted by molar-refractivity contribution is -0.128. The molecule has 1 N–H and O–H groups in total. The largest absolute Gasteiger partial charge is 0.489 e. The number of nitrogens with zero attached hydrogens (tertiary/aromatic N) is 1. The van der Waals surface area contributed by atoms with Gasteiger partial charge < -0.3 is 23.7 Å². The van der Waals surface area contributed by atoms with E-state index < -0.39 is 24.0 Å². The molecular formula is C21H27NO6. The van der Waals surface area contributed by atoms with Crippen LogP contribution in [0.25, 0.3) is 0 Å². The molecule has 1 aliphatic heterocycles. The van der Waals surface area contributed by atoms with E-state index in [1.54, 1.807) is 12.5 Å². The molecule has 7 heteroatoms. The van der Waals surface area contributed by atoms with E-state index in [0.717, 1.165) is 22.4 Å². The van der Waals surface area contributed by atoms with Gasteiger partial charge in [-0.3, -0.25) is 4.90 Å². The molecule has 0 fully saturated rings. The summed E-state index contributed by atoms with van der Waals surface area (Å²) < 4.78 is 21.5. The van der Waals surface area contributed by atoms with E-state index in [1.165, 1.54) is 12.0 Å². The Morgan fingerprint density at radius 2 is 2.14 bits per heavy atom. The summed E-state index contributed by atoms with van der Waals surface area (Å²) in [7, 11) is 1.41. The maximum atomic E-state index is 12.7. The molecule has 1 amide bonds. The van der Waals surface area contributed by atoms with Crippen LogP contribution >= 0.6 is 0 Å². The van der Waals surface area contributed by atoms with E-state index in [2.05, 4.69) is 0 Å². The number of methoxy groups -OCH3 is 1. The topological polar surface area (TPSA) is 81.4 Å². The highest BCUT2D eigenvalue weighted by atomic mass is 16.6. The van der Waals surface area contributed by atoms with Crippen LogP contribution < -0.4 is 4.74 Å². The number of aliphatic hydroxyl groups excluding tert-OH is 1. The number of ether oxygens (including phenoxy) is 3. The molecule has 7 nitrogen and oxygen atoms in total. The summed E-state index contributed by atoms with van der Waals surface area (Å²) in [6, 6.07) is 6.84. The Kier molecular flexibility index (Phi) is 5.96. The molecule has 1 aromatic carbocycles.